The van der Waals surface area contributed by atoms with Crippen molar-refractivity contribution in [1.82, 2.24) is 15.1 Å². The summed E-state index contributed by atoms with van der Waals surface area (Å²) in [5, 5.41) is 3.46. The molecule has 4 nitrogen and oxygen atoms in total. The fourth-order valence-electron chi connectivity index (χ4n) is 3.31. The molecule has 2 aliphatic heterocycles. The van der Waals surface area contributed by atoms with Crippen molar-refractivity contribution in [3.8, 4) is 0 Å². The molecule has 0 aromatic heterocycles. The highest BCUT2D eigenvalue weighted by Gasteiger charge is 2.25. The zero-order chi connectivity index (χ0) is 13.5. The van der Waals surface area contributed by atoms with Gasteiger partial charge in [0.15, 0.2) is 0 Å². The van der Waals surface area contributed by atoms with Crippen molar-refractivity contribution in [2.45, 2.75) is 44.7 Å². The van der Waals surface area contributed by atoms with E-state index in [1.54, 1.807) is 0 Å². The zero-order valence-corrected chi connectivity index (χ0v) is 12.7. The van der Waals surface area contributed by atoms with Gasteiger partial charge in [0, 0.05) is 31.7 Å². The largest absolute Gasteiger partial charge is 0.378 e. The van der Waals surface area contributed by atoms with Gasteiger partial charge < -0.3 is 15.0 Å². The van der Waals surface area contributed by atoms with Crippen molar-refractivity contribution in [3.63, 3.8) is 0 Å². The zero-order valence-electron chi connectivity index (χ0n) is 12.7. The summed E-state index contributed by atoms with van der Waals surface area (Å²) in [7, 11) is 2.29. The van der Waals surface area contributed by atoms with Crippen molar-refractivity contribution < 1.29 is 4.74 Å². The fraction of sp³-hybridized carbons (Fsp3) is 1.00. The van der Waals surface area contributed by atoms with Gasteiger partial charge in [-0.3, -0.25) is 4.90 Å². The van der Waals surface area contributed by atoms with Gasteiger partial charge in [-0.15, -0.1) is 0 Å². The minimum absolute atomic E-state index is 0.572. The second-order valence-corrected chi connectivity index (χ2v) is 5.99. The maximum absolute atomic E-state index is 5.63. The van der Waals surface area contributed by atoms with E-state index in [1.165, 1.54) is 38.8 Å². The maximum Gasteiger partial charge on any atom is 0.0634 e. The number of rotatable bonds is 6. The highest BCUT2D eigenvalue weighted by Crippen LogP contribution is 2.19. The minimum atomic E-state index is 0.572. The molecule has 4 heteroatoms. The number of likely N-dealkylation sites (N-methyl/N-ethyl adjacent to an activating group) is 1. The van der Waals surface area contributed by atoms with Gasteiger partial charge in [0.25, 0.3) is 0 Å². The van der Waals surface area contributed by atoms with Crippen LogP contribution in [0.25, 0.3) is 0 Å². The molecule has 2 fully saturated rings. The van der Waals surface area contributed by atoms with Crippen LogP contribution in [0.3, 0.4) is 0 Å². The van der Waals surface area contributed by atoms with Crippen LogP contribution >= 0.6 is 0 Å². The van der Waals surface area contributed by atoms with Crippen LogP contribution in [0.4, 0.5) is 0 Å². The van der Waals surface area contributed by atoms with Gasteiger partial charge in [-0.1, -0.05) is 13.3 Å². The van der Waals surface area contributed by atoms with Crippen molar-refractivity contribution >= 4 is 0 Å². The molecule has 0 amide bonds. The van der Waals surface area contributed by atoms with Crippen LogP contribution in [0.1, 0.15) is 32.6 Å². The van der Waals surface area contributed by atoms with Crippen LogP contribution in [0, 0.1) is 0 Å². The molecule has 2 unspecified atom stereocenters. The third-order valence-electron chi connectivity index (χ3n) is 4.65. The predicted molar refractivity (Wildman–Crippen MR) is 79.6 cm³/mol. The Bertz CT molecular complexity index is 250. The Kier molecular flexibility index (Phi) is 6.57. The first-order chi connectivity index (χ1) is 9.31. The quantitative estimate of drug-likeness (QED) is 0.783. The molecule has 0 aliphatic carbocycles. The minimum Gasteiger partial charge on any atom is -0.378 e. The fourth-order valence-corrected chi connectivity index (χ4v) is 3.31. The Morgan fingerprint density at radius 2 is 2.11 bits per heavy atom. The summed E-state index contributed by atoms with van der Waals surface area (Å²) in [6.45, 7) is 9.71. The van der Waals surface area contributed by atoms with E-state index >= 15 is 0 Å². The topological polar surface area (TPSA) is 27.7 Å². The molecule has 1 N–H and O–H groups in total. The predicted octanol–water partition coefficient (Wildman–Crippen LogP) is 1.17. The van der Waals surface area contributed by atoms with E-state index in [-0.39, 0.29) is 0 Å². The first-order valence-corrected chi connectivity index (χ1v) is 8.04. The Morgan fingerprint density at radius 3 is 2.89 bits per heavy atom. The molecular weight excluding hydrogens is 238 g/mol. The monoisotopic (exact) mass is 269 g/mol. The Morgan fingerprint density at radius 1 is 1.21 bits per heavy atom. The number of hydrogen-bond donors (Lipinski definition) is 1. The summed E-state index contributed by atoms with van der Waals surface area (Å²) in [6, 6.07) is 1.37. The average Bonchev–Trinajstić information content (AvgIpc) is 2.45. The van der Waals surface area contributed by atoms with Gasteiger partial charge in [-0.2, -0.15) is 0 Å². The third-order valence-corrected chi connectivity index (χ3v) is 4.65. The van der Waals surface area contributed by atoms with Crippen LogP contribution in [-0.2, 0) is 4.74 Å². The van der Waals surface area contributed by atoms with Crippen LogP contribution in [0.5, 0.6) is 0 Å². The third kappa shape index (κ3) is 4.71. The second-order valence-electron chi connectivity index (χ2n) is 5.99. The summed E-state index contributed by atoms with van der Waals surface area (Å²) in [5.41, 5.74) is 0. The van der Waals surface area contributed by atoms with E-state index in [1.807, 2.05) is 0 Å². The summed E-state index contributed by atoms with van der Waals surface area (Å²) < 4.78 is 5.63. The lowest BCUT2D eigenvalue weighted by atomic mass is 9.99. The number of nitrogens with one attached hydrogen (secondary N) is 1. The van der Waals surface area contributed by atoms with E-state index in [0.717, 1.165) is 38.9 Å². The van der Waals surface area contributed by atoms with Crippen LogP contribution in [0.2, 0.25) is 0 Å². The highest BCUT2D eigenvalue weighted by atomic mass is 16.5. The molecule has 2 rings (SSSR count). The standard InChI is InChI=1S/C15H31N3O/c1-3-16-12-15-13-19-11-10-18(15)9-7-14-6-4-5-8-17(14)2/h14-16H,3-13H2,1-2H3. The van der Waals surface area contributed by atoms with Crippen LogP contribution in [0.15, 0.2) is 0 Å². The molecule has 0 aromatic carbocycles. The maximum atomic E-state index is 5.63. The van der Waals surface area contributed by atoms with E-state index in [2.05, 4.69) is 29.1 Å². The Balaban J connectivity index is 1.75. The average molecular weight is 269 g/mol. The summed E-state index contributed by atoms with van der Waals surface area (Å²) in [4.78, 5) is 5.19. The molecule has 2 saturated heterocycles. The van der Waals surface area contributed by atoms with Crippen LogP contribution < -0.4 is 5.32 Å². The first kappa shape index (κ1) is 15.2. The molecule has 19 heavy (non-hydrogen) atoms. The van der Waals surface area contributed by atoms with E-state index in [9.17, 15) is 0 Å². The smallest absolute Gasteiger partial charge is 0.0634 e. The number of nitrogens with zero attached hydrogens (tertiary/aromatic N) is 2. The van der Waals surface area contributed by atoms with Crippen molar-refractivity contribution in [2.75, 3.05) is 53.0 Å². The van der Waals surface area contributed by atoms with Gasteiger partial charge in [-0.05, 0) is 39.4 Å². The van der Waals surface area contributed by atoms with Gasteiger partial charge >= 0.3 is 0 Å². The van der Waals surface area contributed by atoms with Crippen molar-refractivity contribution in [1.29, 1.82) is 0 Å². The summed E-state index contributed by atoms with van der Waals surface area (Å²) >= 11 is 0. The Labute approximate surface area is 118 Å². The molecule has 112 valence electrons. The molecule has 0 bridgehead atoms. The van der Waals surface area contributed by atoms with E-state index < -0.39 is 0 Å². The molecular formula is C15H31N3O. The number of hydrogen-bond acceptors (Lipinski definition) is 4. The van der Waals surface area contributed by atoms with Gasteiger partial charge in [0.2, 0.25) is 0 Å². The molecule has 0 radical (unpaired) electrons. The van der Waals surface area contributed by atoms with Crippen molar-refractivity contribution in [2.24, 2.45) is 0 Å². The molecule has 0 aromatic rings. The second kappa shape index (κ2) is 8.20. The van der Waals surface area contributed by atoms with Gasteiger partial charge in [0.05, 0.1) is 13.2 Å². The Hall–Kier alpha value is -0.160. The molecule has 2 heterocycles. The SMILES string of the molecule is CCNCC1COCCN1CCC1CCCCN1C. The molecule has 2 atom stereocenters. The normalized spacial score (nSPS) is 30.6. The van der Waals surface area contributed by atoms with Crippen molar-refractivity contribution in [3.05, 3.63) is 0 Å². The lowest BCUT2D eigenvalue weighted by Gasteiger charge is -2.38. The van der Waals surface area contributed by atoms with Crippen LogP contribution in [-0.4, -0.2) is 74.9 Å². The van der Waals surface area contributed by atoms with E-state index in [0.29, 0.717) is 6.04 Å². The first-order valence-electron chi connectivity index (χ1n) is 8.04. The molecule has 2 aliphatic rings. The molecule has 0 spiro atoms. The summed E-state index contributed by atoms with van der Waals surface area (Å²) in [6.07, 6.45) is 5.50. The number of morpholine rings is 1. The lowest BCUT2D eigenvalue weighted by molar-refractivity contribution is -0.0108. The highest BCUT2D eigenvalue weighted by molar-refractivity contribution is 4.81. The number of piperidine rings is 1. The summed E-state index contributed by atoms with van der Waals surface area (Å²) in [5.74, 6) is 0. The molecule has 0 saturated carbocycles. The van der Waals surface area contributed by atoms with Gasteiger partial charge in [-0.25, -0.2) is 0 Å². The number of likely N-dealkylation sites (tertiary alicyclic amines) is 1. The number of ether oxygens (including phenoxy) is 1. The van der Waals surface area contributed by atoms with E-state index in [4.69, 9.17) is 4.74 Å². The van der Waals surface area contributed by atoms with Gasteiger partial charge in [0.1, 0.15) is 0 Å². The lowest BCUT2D eigenvalue weighted by Crippen LogP contribution is -2.51.